The summed E-state index contributed by atoms with van der Waals surface area (Å²) in [6.07, 6.45) is 1.94. The predicted molar refractivity (Wildman–Crippen MR) is 71.0 cm³/mol. The maximum Gasteiger partial charge on any atom is 0.385 e. The molecular weight excluding hydrogens is 274 g/mol. The number of hydrogen-bond acceptors (Lipinski definition) is 3. The van der Waals surface area contributed by atoms with E-state index in [4.69, 9.17) is 15.8 Å². The normalized spacial score (nSPS) is 21.8. The molecule has 0 amide bonds. The number of rotatable bonds is 3. The Morgan fingerprint density at radius 2 is 2.00 bits per heavy atom. The molecule has 1 aliphatic rings. The Balaban J connectivity index is 2.09. The van der Waals surface area contributed by atoms with Crippen LogP contribution in [0.3, 0.4) is 0 Å². The Bertz CT molecular complexity index is 501. The third-order valence-corrected chi connectivity index (χ3v) is 4.57. The first-order valence-corrected chi connectivity index (χ1v) is 7.67. The molecule has 0 bridgehead atoms. The van der Waals surface area contributed by atoms with Crippen LogP contribution in [0, 0.1) is 5.92 Å². The van der Waals surface area contributed by atoms with Gasteiger partial charge >= 0.3 is 10.3 Å². The molecule has 6 heteroatoms. The fourth-order valence-corrected chi connectivity index (χ4v) is 3.39. The van der Waals surface area contributed by atoms with Crippen LogP contribution in [0.5, 0.6) is 5.75 Å². The molecule has 1 heterocycles. The van der Waals surface area contributed by atoms with Gasteiger partial charge in [0.1, 0.15) is 5.75 Å². The second-order valence-corrected chi connectivity index (χ2v) is 6.58. The summed E-state index contributed by atoms with van der Waals surface area (Å²) in [5.41, 5.74) is 0. The number of nitrogens with zero attached hydrogens (tertiary/aromatic N) is 1. The molecule has 100 valence electrons. The molecule has 1 saturated heterocycles. The summed E-state index contributed by atoms with van der Waals surface area (Å²) in [7, 11) is -3.69. The molecule has 0 aromatic heterocycles. The molecule has 0 radical (unpaired) electrons. The van der Waals surface area contributed by atoms with Gasteiger partial charge in [-0.05, 0) is 43.0 Å². The van der Waals surface area contributed by atoms with Gasteiger partial charge in [0.25, 0.3) is 0 Å². The van der Waals surface area contributed by atoms with E-state index in [9.17, 15) is 8.42 Å². The summed E-state index contributed by atoms with van der Waals surface area (Å²) < 4.78 is 30.6. The number of halogens is 1. The first kappa shape index (κ1) is 13.6. The highest BCUT2D eigenvalue weighted by molar-refractivity contribution is 7.84. The van der Waals surface area contributed by atoms with Gasteiger partial charge in [0.15, 0.2) is 0 Å². The Labute approximate surface area is 113 Å². The molecule has 0 spiro atoms. The molecule has 2 rings (SSSR count). The highest BCUT2D eigenvalue weighted by Crippen LogP contribution is 2.22. The van der Waals surface area contributed by atoms with E-state index in [-0.39, 0.29) is 5.75 Å². The Morgan fingerprint density at radius 3 is 2.61 bits per heavy atom. The van der Waals surface area contributed by atoms with E-state index in [1.807, 2.05) is 6.92 Å². The van der Waals surface area contributed by atoms with Gasteiger partial charge in [-0.1, -0.05) is 18.5 Å². The van der Waals surface area contributed by atoms with Crippen molar-refractivity contribution in [2.45, 2.75) is 19.8 Å². The fourth-order valence-electron chi connectivity index (χ4n) is 2.01. The summed E-state index contributed by atoms with van der Waals surface area (Å²) >= 11 is 5.74. The molecule has 4 nitrogen and oxygen atoms in total. The summed E-state index contributed by atoms with van der Waals surface area (Å²) in [6, 6.07) is 6.30. The smallest absolute Gasteiger partial charge is 0.371 e. The van der Waals surface area contributed by atoms with E-state index in [0.717, 1.165) is 12.8 Å². The number of benzene rings is 1. The van der Waals surface area contributed by atoms with Gasteiger partial charge in [0.2, 0.25) is 0 Å². The third-order valence-electron chi connectivity index (χ3n) is 2.95. The van der Waals surface area contributed by atoms with Gasteiger partial charge in [-0.25, -0.2) is 0 Å². The molecule has 1 aliphatic heterocycles. The van der Waals surface area contributed by atoms with Crippen LogP contribution in [-0.4, -0.2) is 25.8 Å². The average Bonchev–Trinajstić information content (AvgIpc) is 2.32. The molecule has 1 unspecified atom stereocenters. The predicted octanol–water partition coefficient (Wildman–Crippen LogP) is 2.70. The Kier molecular flexibility index (Phi) is 4.14. The molecule has 0 aliphatic carbocycles. The second-order valence-electron chi connectivity index (χ2n) is 4.60. The third kappa shape index (κ3) is 3.37. The van der Waals surface area contributed by atoms with E-state index in [0.29, 0.717) is 24.0 Å². The van der Waals surface area contributed by atoms with Gasteiger partial charge < -0.3 is 4.18 Å². The topological polar surface area (TPSA) is 46.6 Å². The molecule has 18 heavy (non-hydrogen) atoms. The van der Waals surface area contributed by atoms with Crippen molar-refractivity contribution in [3.05, 3.63) is 29.3 Å². The van der Waals surface area contributed by atoms with Crippen LogP contribution < -0.4 is 4.18 Å². The maximum absolute atomic E-state index is 12.1. The lowest BCUT2D eigenvalue weighted by Crippen LogP contribution is -2.41. The van der Waals surface area contributed by atoms with Crippen LogP contribution in [0.4, 0.5) is 0 Å². The SMILES string of the molecule is CC1CCCN(S(=O)(=O)Oc2ccc(Cl)cc2)C1. The zero-order valence-corrected chi connectivity index (χ0v) is 11.7. The Hall–Kier alpha value is -0.780. The van der Waals surface area contributed by atoms with Crippen molar-refractivity contribution in [2.75, 3.05) is 13.1 Å². The van der Waals surface area contributed by atoms with E-state index in [1.54, 1.807) is 24.3 Å². The van der Waals surface area contributed by atoms with Crippen molar-refractivity contribution >= 4 is 21.9 Å². The van der Waals surface area contributed by atoms with Crippen LogP contribution >= 0.6 is 11.6 Å². The number of piperidine rings is 1. The van der Waals surface area contributed by atoms with Gasteiger partial charge in [-0.2, -0.15) is 12.7 Å². The lowest BCUT2D eigenvalue weighted by atomic mass is 10.0. The molecule has 1 atom stereocenters. The summed E-state index contributed by atoms with van der Waals surface area (Å²) in [5, 5.41) is 0.548. The zero-order chi connectivity index (χ0) is 13.2. The van der Waals surface area contributed by atoms with Crippen molar-refractivity contribution in [1.82, 2.24) is 4.31 Å². The standard InChI is InChI=1S/C12H16ClNO3S/c1-10-3-2-8-14(9-10)18(15,16)17-12-6-4-11(13)5-7-12/h4-7,10H,2-3,8-9H2,1H3. The molecule has 0 N–H and O–H groups in total. The molecule has 1 fully saturated rings. The number of hydrogen-bond donors (Lipinski definition) is 0. The highest BCUT2D eigenvalue weighted by Gasteiger charge is 2.28. The van der Waals surface area contributed by atoms with Crippen molar-refractivity contribution in [3.8, 4) is 5.75 Å². The van der Waals surface area contributed by atoms with Crippen molar-refractivity contribution in [2.24, 2.45) is 5.92 Å². The minimum Gasteiger partial charge on any atom is -0.371 e. The monoisotopic (exact) mass is 289 g/mol. The molecule has 0 saturated carbocycles. The fraction of sp³-hybridized carbons (Fsp3) is 0.500. The minimum absolute atomic E-state index is 0.289. The lowest BCUT2D eigenvalue weighted by molar-refractivity contribution is 0.260. The van der Waals surface area contributed by atoms with Crippen molar-refractivity contribution in [1.29, 1.82) is 0 Å². The van der Waals surface area contributed by atoms with Gasteiger partial charge in [0, 0.05) is 18.1 Å². The van der Waals surface area contributed by atoms with Gasteiger partial charge in [-0.15, -0.1) is 0 Å². The summed E-state index contributed by atoms with van der Waals surface area (Å²) in [5.74, 6) is 0.667. The minimum atomic E-state index is -3.69. The second kappa shape index (κ2) is 5.47. The van der Waals surface area contributed by atoms with E-state index in [1.165, 1.54) is 4.31 Å². The van der Waals surface area contributed by atoms with Crippen LogP contribution in [-0.2, 0) is 10.3 Å². The molecule has 1 aromatic carbocycles. The van der Waals surface area contributed by atoms with Gasteiger partial charge in [-0.3, -0.25) is 0 Å². The van der Waals surface area contributed by atoms with Gasteiger partial charge in [0.05, 0.1) is 0 Å². The first-order chi connectivity index (χ1) is 8.47. The van der Waals surface area contributed by atoms with E-state index in [2.05, 4.69) is 0 Å². The maximum atomic E-state index is 12.1. The van der Waals surface area contributed by atoms with E-state index < -0.39 is 10.3 Å². The zero-order valence-electron chi connectivity index (χ0n) is 10.2. The highest BCUT2D eigenvalue weighted by atomic mass is 35.5. The molecule has 1 aromatic rings. The van der Waals surface area contributed by atoms with Crippen molar-refractivity contribution < 1.29 is 12.6 Å². The van der Waals surface area contributed by atoms with Crippen LogP contribution in [0.15, 0.2) is 24.3 Å². The summed E-state index contributed by atoms with van der Waals surface area (Å²) in [4.78, 5) is 0. The average molecular weight is 290 g/mol. The molecular formula is C12H16ClNO3S. The van der Waals surface area contributed by atoms with E-state index >= 15 is 0 Å². The summed E-state index contributed by atoms with van der Waals surface area (Å²) in [6.45, 7) is 3.10. The quantitative estimate of drug-likeness (QED) is 0.859. The van der Waals surface area contributed by atoms with Crippen LogP contribution in [0.25, 0.3) is 0 Å². The first-order valence-electron chi connectivity index (χ1n) is 5.92. The largest absolute Gasteiger partial charge is 0.385 e. The van der Waals surface area contributed by atoms with Crippen LogP contribution in [0.1, 0.15) is 19.8 Å². The van der Waals surface area contributed by atoms with Crippen molar-refractivity contribution in [3.63, 3.8) is 0 Å². The van der Waals surface area contributed by atoms with Crippen LogP contribution in [0.2, 0.25) is 5.02 Å². The lowest BCUT2D eigenvalue weighted by Gasteiger charge is -2.29. The Morgan fingerprint density at radius 1 is 1.33 bits per heavy atom.